The molecule has 2 atom stereocenters. The van der Waals surface area contributed by atoms with E-state index in [4.69, 9.17) is 30.2 Å². The second kappa shape index (κ2) is 24.2. The predicted molar refractivity (Wildman–Crippen MR) is 319 cm³/mol. The molecule has 4 aromatic heterocycles. The minimum Gasteiger partial charge on any atom is -0.405 e. The fourth-order valence-electron chi connectivity index (χ4n) is 9.31. The second-order valence-corrected chi connectivity index (χ2v) is 23.0. The summed E-state index contributed by atoms with van der Waals surface area (Å²) in [7, 11) is -0.952. The number of anilines is 4. The lowest BCUT2D eigenvalue weighted by molar-refractivity contribution is -0.118. The number of hydrogen-bond donors (Lipinski definition) is 4. The van der Waals surface area contributed by atoms with E-state index in [0.717, 1.165) is 26.8 Å². The SMILES string of the molecule is CC1(C)OB(B2OC(C)(C)C(C)(C)O2)OC1(C)C.O=C1C(Nc2cccc(F)n2)CCN1c1ccc(-c2n[nH]c(=O)c3ccccc23)cc1.O=C1C(Nc2cccc(F)n2)CCN1c1ccc(Br)cc1.O=c1[nH]nc(Cl)c2ccccc12. The fourth-order valence-corrected chi connectivity index (χ4v) is 9.78. The van der Waals surface area contributed by atoms with Crippen molar-refractivity contribution >= 4 is 97.9 Å². The van der Waals surface area contributed by atoms with Crippen molar-refractivity contribution in [3.05, 3.63) is 176 Å². The highest BCUT2D eigenvalue weighted by Gasteiger charge is 2.63. The summed E-state index contributed by atoms with van der Waals surface area (Å²) in [5, 5.41) is 21.6. The van der Waals surface area contributed by atoms with Crippen molar-refractivity contribution in [2.24, 2.45) is 0 Å². The van der Waals surface area contributed by atoms with Crippen molar-refractivity contribution in [2.75, 3.05) is 33.5 Å². The number of hydrogen-bond acceptors (Lipinski definition) is 14. The molecule has 0 spiro atoms. The number of halogens is 4. The molecule has 4 aliphatic heterocycles. The third-order valence-corrected chi connectivity index (χ3v) is 16.0. The summed E-state index contributed by atoms with van der Waals surface area (Å²) >= 11 is 9.12. The van der Waals surface area contributed by atoms with Gasteiger partial charge < -0.3 is 39.1 Å². The summed E-state index contributed by atoms with van der Waals surface area (Å²) < 4.78 is 51.2. The Labute approximate surface area is 486 Å². The lowest BCUT2D eigenvalue weighted by Gasteiger charge is -2.32. The topological polar surface area (TPSA) is 219 Å². The number of aromatic amines is 2. The first-order valence-corrected chi connectivity index (χ1v) is 27.7. The lowest BCUT2D eigenvalue weighted by atomic mass is 9.49. The Balaban J connectivity index is 0.000000139. The van der Waals surface area contributed by atoms with Gasteiger partial charge in [0.2, 0.25) is 23.7 Å². The highest BCUT2D eigenvalue weighted by Crippen LogP contribution is 2.43. The Kier molecular flexibility index (Phi) is 17.5. The van der Waals surface area contributed by atoms with Crippen molar-refractivity contribution in [3.8, 4) is 11.3 Å². The third kappa shape index (κ3) is 13.1. The zero-order chi connectivity index (χ0) is 58.7. The number of fused-ring (bicyclic) bond motifs is 2. The zero-order valence-electron chi connectivity index (χ0n) is 46.3. The molecule has 8 aromatic rings. The van der Waals surface area contributed by atoms with E-state index in [1.807, 2.05) is 128 Å². The quantitative estimate of drug-likeness (QED) is 0.0822. The van der Waals surface area contributed by atoms with Gasteiger partial charge in [-0.05, 0) is 141 Å². The van der Waals surface area contributed by atoms with Gasteiger partial charge >= 0.3 is 14.0 Å². The van der Waals surface area contributed by atoms with Gasteiger partial charge in [-0.2, -0.15) is 19.0 Å². The van der Waals surface area contributed by atoms with Gasteiger partial charge in [-0.25, -0.2) is 20.2 Å². The van der Waals surface area contributed by atoms with Gasteiger partial charge in [0.1, 0.15) is 23.7 Å². The monoisotopic (exact) mass is 1200 g/mol. The van der Waals surface area contributed by atoms with Crippen LogP contribution in [0.5, 0.6) is 0 Å². The highest BCUT2D eigenvalue weighted by molar-refractivity contribution is 9.10. The number of benzene rings is 4. The predicted octanol–water partition coefficient (Wildman–Crippen LogP) is 10.4. The molecule has 0 bridgehead atoms. The first-order valence-electron chi connectivity index (χ1n) is 26.5. The van der Waals surface area contributed by atoms with Crippen molar-refractivity contribution in [3.63, 3.8) is 0 Å². The molecule has 24 heteroatoms. The van der Waals surface area contributed by atoms with Crippen LogP contribution in [0.25, 0.3) is 32.8 Å². The van der Waals surface area contributed by atoms with Crippen LogP contribution in [0.3, 0.4) is 0 Å². The molecule has 82 heavy (non-hydrogen) atoms. The zero-order valence-corrected chi connectivity index (χ0v) is 48.6. The molecule has 4 aliphatic rings. The maximum absolute atomic E-state index is 13.3. The number of aromatic nitrogens is 6. The van der Waals surface area contributed by atoms with Crippen molar-refractivity contribution < 1.29 is 37.0 Å². The third-order valence-electron chi connectivity index (χ3n) is 15.2. The number of amides is 2. The average molecular weight is 1200 g/mol. The highest BCUT2D eigenvalue weighted by atomic mass is 79.9. The van der Waals surface area contributed by atoms with Crippen LogP contribution in [0, 0.1) is 11.9 Å². The summed E-state index contributed by atoms with van der Waals surface area (Å²) in [5.41, 5.74) is 1.25. The molecular formula is C58H60B2BrClF2N10O8. The number of H-pyrrole nitrogens is 2. The Morgan fingerprint density at radius 3 is 1.35 bits per heavy atom. The Morgan fingerprint density at radius 2 is 0.927 bits per heavy atom. The van der Waals surface area contributed by atoms with E-state index in [1.54, 1.807) is 58.3 Å². The molecule has 8 heterocycles. The Morgan fingerprint density at radius 1 is 0.537 bits per heavy atom. The molecule has 0 saturated carbocycles. The first-order chi connectivity index (χ1) is 38.9. The standard InChI is InChI=1S/C23H18FN5O2.C15H13BrFN3O.C12H24B2O4.C8H5ClN2O/c24-19-6-3-7-20(26-19)25-18-12-13-29(23(18)31)15-10-8-14(9-11-15)21-16-4-1-2-5-17(16)22(30)28-27-21;16-10-4-6-11(7-5-10)20-9-8-12(15(20)21)18-14-3-1-2-13(17)19-14;1-9(2)10(3,4)16-13(15-9)14-17-11(5,6)12(7,8)18-14;9-7-5-3-1-2-4-6(5)8(12)11-10-7/h1-11,18H,12-13H2,(H,25,26)(H,28,30);1-7,12H,8-9H2,(H,18,19);1-8H3;1-4H,(H,11,12). The van der Waals surface area contributed by atoms with Gasteiger partial charge in [-0.3, -0.25) is 19.2 Å². The summed E-state index contributed by atoms with van der Waals surface area (Å²) in [4.78, 5) is 59.3. The van der Waals surface area contributed by atoms with E-state index in [0.29, 0.717) is 64.6 Å². The van der Waals surface area contributed by atoms with Crippen LogP contribution < -0.4 is 31.6 Å². The Bertz CT molecular complexity index is 3680. The van der Waals surface area contributed by atoms with Crippen LogP contribution in [-0.2, 0) is 28.2 Å². The van der Waals surface area contributed by atoms with Gasteiger partial charge in [-0.15, -0.1) is 0 Å². The number of rotatable bonds is 8. The molecule has 4 aromatic carbocycles. The minimum atomic E-state index is -0.591. The van der Waals surface area contributed by atoms with Crippen LogP contribution in [-0.4, -0.2) is 104 Å². The smallest absolute Gasteiger partial charge is 0.405 e. The average Bonchev–Trinajstić information content (AvgIpc) is 4.34. The molecule has 12 rings (SSSR count). The summed E-state index contributed by atoms with van der Waals surface area (Å²) in [6.45, 7) is 17.4. The Hall–Kier alpha value is -7.40. The molecule has 424 valence electrons. The maximum Gasteiger partial charge on any atom is 0.488 e. The molecule has 18 nitrogen and oxygen atoms in total. The molecule has 0 aliphatic carbocycles. The van der Waals surface area contributed by atoms with Crippen LogP contribution in [0.4, 0.5) is 31.8 Å². The number of nitrogens with zero attached hydrogens (tertiary/aromatic N) is 6. The molecule has 2 unspecified atom stereocenters. The number of carbonyl (C=O) groups excluding carboxylic acids is 2. The second-order valence-electron chi connectivity index (χ2n) is 21.8. The van der Waals surface area contributed by atoms with Gasteiger partial charge in [0.25, 0.3) is 11.1 Å². The summed E-state index contributed by atoms with van der Waals surface area (Å²) in [5.74, 6) is -0.547. The van der Waals surface area contributed by atoms with Gasteiger partial charge in [0, 0.05) is 45.3 Å². The number of nitrogens with one attached hydrogen (secondary N) is 4. The molecule has 4 N–H and O–H groups in total. The normalized spacial score (nSPS) is 19.3. The van der Waals surface area contributed by atoms with Gasteiger partial charge in [-0.1, -0.05) is 88.2 Å². The van der Waals surface area contributed by atoms with Gasteiger partial charge in [0.05, 0.1) is 38.9 Å². The summed E-state index contributed by atoms with van der Waals surface area (Å²) in [6, 6.07) is 37.5. The van der Waals surface area contributed by atoms with E-state index in [-0.39, 0.29) is 51.4 Å². The van der Waals surface area contributed by atoms with E-state index < -0.39 is 32.0 Å². The van der Waals surface area contributed by atoms with Crippen molar-refractivity contribution in [2.45, 2.75) is 103 Å². The molecule has 4 fully saturated rings. The van der Waals surface area contributed by atoms with Crippen LogP contribution >= 0.6 is 27.5 Å². The van der Waals surface area contributed by atoms with E-state index in [1.165, 1.54) is 12.1 Å². The number of carbonyl (C=O) groups is 2. The lowest BCUT2D eigenvalue weighted by Crippen LogP contribution is -2.41. The van der Waals surface area contributed by atoms with Crippen LogP contribution in [0.2, 0.25) is 5.15 Å². The molecular weight excluding hydrogens is 1140 g/mol. The maximum atomic E-state index is 13.3. The van der Waals surface area contributed by atoms with Crippen LogP contribution in [0.1, 0.15) is 68.2 Å². The fraction of sp³-hybridized carbons (Fsp3) is 0.310. The summed E-state index contributed by atoms with van der Waals surface area (Å²) in [6.07, 6.45) is 1.25. The van der Waals surface area contributed by atoms with Crippen molar-refractivity contribution in [1.82, 2.24) is 30.4 Å². The number of pyridine rings is 2. The van der Waals surface area contributed by atoms with Crippen LogP contribution in [0.15, 0.2) is 148 Å². The van der Waals surface area contributed by atoms with Crippen molar-refractivity contribution in [1.29, 1.82) is 0 Å². The molecule has 4 saturated heterocycles. The molecule has 0 radical (unpaired) electrons. The first kappa shape index (κ1) is 59.2. The van der Waals surface area contributed by atoms with E-state index >= 15 is 0 Å². The molecule has 2 amide bonds. The van der Waals surface area contributed by atoms with Gasteiger partial charge in [0.15, 0.2) is 5.15 Å². The van der Waals surface area contributed by atoms with E-state index in [2.05, 4.69) is 56.9 Å². The van der Waals surface area contributed by atoms with E-state index in [9.17, 15) is 28.0 Å². The minimum absolute atomic E-state index is 0.0246. The largest absolute Gasteiger partial charge is 0.488 e.